The predicted molar refractivity (Wildman–Crippen MR) is 116 cm³/mol. The molecule has 0 aliphatic rings. The molecule has 2 aromatic heterocycles. The Balaban J connectivity index is 1.99. The van der Waals surface area contributed by atoms with Crippen LogP contribution in [-0.2, 0) is 4.79 Å². The summed E-state index contributed by atoms with van der Waals surface area (Å²) in [5.74, 6) is -0.296. The van der Waals surface area contributed by atoms with E-state index in [9.17, 15) is 9.18 Å². The SMILES string of the molecule is CC(=O)N(c1cc(C)ccc1C)c1onc(-c2ccc(F)c(C)c2)c1-c1ccncn1. The van der Waals surface area contributed by atoms with Crippen molar-refractivity contribution in [2.24, 2.45) is 0 Å². The van der Waals surface area contributed by atoms with E-state index in [2.05, 4.69) is 15.1 Å². The second kappa shape index (κ2) is 8.10. The van der Waals surface area contributed by atoms with Gasteiger partial charge in [0.25, 0.3) is 0 Å². The number of nitrogens with zero attached hydrogens (tertiary/aromatic N) is 4. The highest BCUT2D eigenvalue weighted by Crippen LogP contribution is 2.42. The van der Waals surface area contributed by atoms with Crippen LogP contribution in [0.25, 0.3) is 22.5 Å². The van der Waals surface area contributed by atoms with Crippen molar-refractivity contribution in [1.29, 1.82) is 0 Å². The number of carbonyl (C=O) groups excluding carboxylic acids is 1. The first-order valence-corrected chi connectivity index (χ1v) is 9.77. The molecule has 6 nitrogen and oxygen atoms in total. The van der Waals surface area contributed by atoms with Gasteiger partial charge in [0, 0.05) is 18.7 Å². The van der Waals surface area contributed by atoms with Gasteiger partial charge in [-0.3, -0.25) is 4.79 Å². The molecule has 0 aliphatic carbocycles. The van der Waals surface area contributed by atoms with E-state index in [0.29, 0.717) is 33.8 Å². The average molecular weight is 416 g/mol. The van der Waals surface area contributed by atoms with Crippen LogP contribution >= 0.6 is 0 Å². The van der Waals surface area contributed by atoms with Crippen LogP contribution < -0.4 is 4.90 Å². The highest BCUT2D eigenvalue weighted by atomic mass is 19.1. The van der Waals surface area contributed by atoms with E-state index in [1.54, 1.807) is 31.3 Å². The normalized spacial score (nSPS) is 10.9. The molecule has 0 saturated carbocycles. The lowest BCUT2D eigenvalue weighted by molar-refractivity contribution is -0.116. The van der Waals surface area contributed by atoms with Gasteiger partial charge in [0.1, 0.15) is 17.8 Å². The zero-order chi connectivity index (χ0) is 22.1. The summed E-state index contributed by atoms with van der Waals surface area (Å²) in [6.45, 7) is 7.04. The van der Waals surface area contributed by atoms with Crippen LogP contribution in [-0.4, -0.2) is 21.0 Å². The highest BCUT2D eigenvalue weighted by molar-refractivity contribution is 6.03. The Labute approximate surface area is 179 Å². The number of rotatable bonds is 4. The van der Waals surface area contributed by atoms with Gasteiger partial charge in [-0.15, -0.1) is 0 Å². The monoisotopic (exact) mass is 416 g/mol. The van der Waals surface area contributed by atoms with E-state index in [1.165, 1.54) is 24.2 Å². The van der Waals surface area contributed by atoms with Crippen molar-refractivity contribution in [3.05, 3.63) is 77.5 Å². The van der Waals surface area contributed by atoms with Gasteiger partial charge in [0.2, 0.25) is 11.8 Å². The van der Waals surface area contributed by atoms with Gasteiger partial charge in [0.05, 0.1) is 16.9 Å². The smallest absolute Gasteiger partial charge is 0.248 e. The minimum Gasteiger partial charge on any atom is -0.336 e. The summed E-state index contributed by atoms with van der Waals surface area (Å²) in [6.07, 6.45) is 3.02. The number of amides is 1. The molecule has 0 bridgehead atoms. The van der Waals surface area contributed by atoms with Crippen molar-refractivity contribution in [2.75, 3.05) is 4.90 Å². The standard InChI is InChI=1S/C24H21FN4O2/c1-14-5-6-15(2)21(11-14)29(17(4)30)24-22(20-9-10-26-13-27-20)23(28-31-24)18-7-8-19(25)16(3)12-18/h5-13H,1-4H3. The largest absolute Gasteiger partial charge is 0.336 e. The number of carbonyl (C=O) groups is 1. The Kier molecular flexibility index (Phi) is 5.33. The average Bonchev–Trinajstić information content (AvgIpc) is 3.17. The second-order valence-corrected chi connectivity index (χ2v) is 7.41. The topological polar surface area (TPSA) is 72.1 Å². The van der Waals surface area contributed by atoms with Crippen LogP contribution in [0.15, 0.2) is 59.5 Å². The Morgan fingerprint density at radius 1 is 1.03 bits per heavy atom. The lowest BCUT2D eigenvalue weighted by atomic mass is 10.0. The number of benzene rings is 2. The molecule has 4 rings (SSSR count). The molecule has 2 aromatic carbocycles. The molecule has 1 amide bonds. The molecule has 7 heteroatoms. The minimum absolute atomic E-state index is 0.234. The van der Waals surface area contributed by atoms with E-state index in [-0.39, 0.29) is 17.6 Å². The maximum Gasteiger partial charge on any atom is 0.248 e. The number of halogens is 1. The van der Waals surface area contributed by atoms with Crippen LogP contribution in [0.1, 0.15) is 23.6 Å². The summed E-state index contributed by atoms with van der Waals surface area (Å²) in [4.78, 5) is 22.6. The predicted octanol–water partition coefficient (Wildman–Crippen LogP) is 5.55. The molecular weight excluding hydrogens is 395 g/mol. The summed E-state index contributed by atoms with van der Waals surface area (Å²) >= 11 is 0. The van der Waals surface area contributed by atoms with Crippen LogP contribution in [0.3, 0.4) is 0 Å². The van der Waals surface area contributed by atoms with E-state index in [0.717, 1.165) is 11.1 Å². The molecule has 0 aliphatic heterocycles. The molecule has 0 saturated heterocycles. The van der Waals surface area contributed by atoms with Crippen LogP contribution in [0.2, 0.25) is 0 Å². The van der Waals surface area contributed by atoms with Gasteiger partial charge in [-0.05, 0) is 67.8 Å². The molecule has 4 aromatic rings. The molecule has 0 unspecified atom stereocenters. The zero-order valence-corrected chi connectivity index (χ0v) is 17.7. The van der Waals surface area contributed by atoms with Crippen molar-refractivity contribution in [3.63, 3.8) is 0 Å². The van der Waals surface area contributed by atoms with E-state index in [1.807, 2.05) is 32.0 Å². The summed E-state index contributed by atoms with van der Waals surface area (Å²) in [6, 6.07) is 12.3. The molecule has 0 radical (unpaired) electrons. The van der Waals surface area contributed by atoms with Gasteiger partial charge >= 0.3 is 0 Å². The fourth-order valence-corrected chi connectivity index (χ4v) is 3.47. The molecule has 0 atom stereocenters. The minimum atomic E-state index is -0.309. The third-order valence-electron chi connectivity index (χ3n) is 5.07. The Morgan fingerprint density at radius 2 is 1.84 bits per heavy atom. The summed E-state index contributed by atoms with van der Waals surface area (Å²) in [5.41, 5.74) is 5.29. The number of hydrogen-bond acceptors (Lipinski definition) is 5. The quantitative estimate of drug-likeness (QED) is 0.436. The third-order valence-corrected chi connectivity index (χ3v) is 5.07. The molecular formula is C24H21FN4O2. The first-order valence-electron chi connectivity index (χ1n) is 9.77. The van der Waals surface area contributed by atoms with Crippen LogP contribution in [0, 0.1) is 26.6 Å². The third kappa shape index (κ3) is 3.82. The van der Waals surface area contributed by atoms with E-state index >= 15 is 0 Å². The van der Waals surface area contributed by atoms with E-state index < -0.39 is 0 Å². The maximum absolute atomic E-state index is 13.9. The lowest BCUT2D eigenvalue weighted by Gasteiger charge is -2.21. The Bertz CT molecular complexity index is 1270. The summed E-state index contributed by atoms with van der Waals surface area (Å²) in [7, 11) is 0. The molecule has 0 spiro atoms. The zero-order valence-electron chi connectivity index (χ0n) is 17.7. The number of aryl methyl sites for hydroxylation is 3. The van der Waals surface area contributed by atoms with Crippen LogP contribution in [0.4, 0.5) is 16.0 Å². The fraction of sp³-hybridized carbons (Fsp3) is 0.167. The lowest BCUT2D eigenvalue weighted by Crippen LogP contribution is -2.24. The van der Waals surface area contributed by atoms with Gasteiger partial charge < -0.3 is 4.52 Å². The number of hydrogen-bond donors (Lipinski definition) is 0. The Hall–Kier alpha value is -3.87. The van der Waals surface area contributed by atoms with Crippen molar-refractivity contribution in [2.45, 2.75) is 27.7 Å². The summed E-state index contributed by atoms with van der Waals surface area (Å²) < 4.78 is 19.6. The number of aromatic nitrogens is 3. The van der Waals surface area contributed by atoms with Crippen molar-refractivity contribution in [1.82, 2.24) is 15.1 Å². The molecule has 2 heterocycles. The second-order valence-electron chi connectivity index (χ2n) is 7.41. The highest BCUT2D eigenvalue weighted by Gasteiger charge is 2.29. The fourth-order valence-electron chi connectivity index (χ4n) is 3.47. The molecule has 0 N–H and O–H groups in total. The van der Waals surface area contributed by atoms with E-state index in [4.69, 9.17) is 4.52 Å². The molecule has 31 heavy (non-hydrogen) atoms. The number of anilines is 2. The van der Waals surface area contributed by atoms with Gasteiger partial charge in [-0.25, -0.2) is 19.3 Å². The first kappa shape index (κ1) is 20.4. The van der Waals surface area contributed by atoms with Gasteiger partial charge in [-0.1, -0.05) is 17.3 Å². The molecule has 156 valence electrons. The Morgan fingerprint density at radius 3 is 2.52 bits per heavy atom. The summed E-state index contributed by atoms with van der Waals surface area (Å²) in [5, 5.41) is 4.26. The van der Waals surface area contributed by atoms with Crippen LogP contribution in [0.5, 0.6) is 0 Å². The molecule has 0 fully saturated rings. The van der Waals surface area contributed by atoms with Crippen molar-refractivity contribution >= 4 is 17.5 Å². The van der Waals surface area contributed by atoms with Gasteiger partial charge in [0.15, 0.2) is 0 Å². The first-order chi connectivity index (χ1) is 14.9. The van der Waals surface area contributed by atoms with Crippen molar-refractivity contribution < 1.29 is 13.7 Å². The maximum atomic E-state index is 13.9. The van der Waals surface area contributed by atoms with Gasteiger partial charge in [-0.2, -0.15) is 0 Å². The van der Waals surface area contributed by atoms with Crippen molar-refractivity contribution in [3.8, 4) is 22.5 Å².